The van der Waals surface area contributed by atoms with Gasteiger partial charge in [0, 0.05) is 49.1 Å². The molecule has 5 nitrogen and oxygen atoms in total. The zero-order valence-corrected chi connectivity index (χ0v) is 16.1. The Kier molecular flexibility index (Phi) is 6.05. The van der Waals surface area contributed by atoms with Crippen molar-refractivity contribution < 1.29 is 4.79 Å². The number of amides is 1. The van der Waals surface area contributed by atoms with Crippen LogP contribution in [-0.4, -0.2) is 65.9 Å². The lowest BCUT2D eigenvalue weighted by Crippen LogP contribution is -2.50. The maximum Gasteiger partial charge on any atom is 0.242 e. The molecule has 1 aromatic heterocycles. The molecule has 0 bridgehead atoms. The lowest BCUT2D eigenvalue weighted by atomic mass is 10.1. The van der Waals surface area contributed by atoms with Crippen LogP contribution in [0.2, 0.25) is 0 Å². The van der Waals surface area contributed by atoms with Gasteiger partial charge in [-0.2, -0.15) is 11.8 Å². The van der Waals surface area contributed by atoms with Crippen LogP contribution in [0.25, 0.3) is 0 Å². The largest absolute Gasteiger partial charge is 0.347 e. The summed E-state index contributed by atoms with van der Waals surface area (Å²) in [5.74, 6) is 2.14. The molecule has 7 heteroatoms. The SMILES string of the molecule is CCC1CN(C(=NC)NCC(=O)N2CCc3sccc3C2)CCS1. The number of nitrogens with zero attached hydrogens (tertiary/aromatic N) is 3. The van der Waals surface area contributed by atoms with Crippen molar-refractivity contribution in [2.24, 2.45) is 4.99 Å². The van der Waals surface area contributed by atoms with E-state index in [9.17, 15) is 4.79 Å². The number of hydrogen-bond donors (Lipinski definition) is 1. The van der Waals surface area contributed by atoms with Crippen molar-refractivity contribution in [1.82, 2.24) is 15.1 Å². The first-order valence-corrected chi connectivity index (χ1v) is 10.5. The predicted molar refractivity (Wildman–Crippen MR) is 103 cm³/mol. The normalized spacial score (nSPS) is 21.6. The van der Waals surface area contributed by atoms with Gasteiger partial charge < -0.3 is 15.1 Å². The molecular formula is C17H26N4OS2. The molecule has 0 aromatic carbocycles. The Morgan fingerprint density at radius 3 is 3.08 bits per heavy atom. The van der Waals surface area contributed by atoms with Crippen LogP contribution in [0.1, 0.15) is 23.8 Å². The minimum Gasteiger partial charge on any atom is -0.347 e. The number of hydrogen-bond acceptors (Lipinski definition) is 4. The van der Waals surface area contributed by atoms with E-state index in [1.165, 1.54) is 16.9 Å². The number of fused-ring (bicyclic) bond motifs is 1. The quantitative estimate of drug-likeness (QED) is 0.657. The van der Waals surface area contributed by atoms with Crippen LogP contribution in [0.5, 0.6) is 0 Å². The van der Waals surface area contributed by atoms with Crippen molar-refractivity contribution in [3.8, 4) is 0 Å². The van der Waals surface area contributed by atoms with Crippen molar-refractivity contribution in [2.45, 2.75) is 31.6 Å². The molecule has 1 aromatic rings. The van der Waals surface area contributed by atoms with Crippen molar-refractivity contribution in [3.63, 3.8) is 0 Å². The van der Waals surface area contributed by atoms with Gasteiger partial charge in [-0.15, -0.1) is 11.3 Å². The fourth-order valence-corrected chi connectivity index (χ4v) is 5.29. The molecule has 0 radical (unpaired) electrons. The third-order valence-electron chi connectivity index (χ3n) is 4.66. The highest BCUT2D eigenvalue weighted by Gasteiger charge is 2.24. The van der Waals surface area contributed by atoms with E-state index in [0.717, 1.165) is 44.3 Å². The highest BCUT2D eigenvalue weighted by molar-refractivity contribution is 8.00. The molecule has 3 rings (SSSR count). The van der Waals surface area contributed by atoms with Crippen LogP contribution in [-0.2, 0) is 17.8 Å². The highest BCUT2D eigenvalue weighted by Crippen LogP contribution is 2.24. The zero-order chi connectivity index (χ0) is 16.9. The van der Waals surface area contributed by atoms with Crippen LogP contribution in [0.15, 0.2) is 16.4 Å². The summed E-state index contributed by atoms with van der Waals surface area (Å²) < 4.78 is 0. The fourth-order valence-electron chi connectivity index (χ4n) is 3.22. The lowest BCUT2D eigenvalue weighted by molar-refractivity contribution is -0.130. The topological polar surface area (TPSA) is 47.9 Å². The van der Waals surface area contributed by atoms with E-state index < -0.39 is 0 Å². The second-order valence-electron chi connectivity index (χ2n) is 6.18. The number of nitrogens with one attached hydrogen (secondary N) is 1. The standard InChI is InChI=1S/C17H26N4OS2/c1-3-14-12-21(7-9-23-14)17(18-2)19-10-16(22)20-6-4-15-13(11-20)5-8-24-15/h5,8,14H,3-4,6-7,9-12H2,1-2H3,(H,18,19). The molecule has 132 valence electrons. The van der Waals surface area contributed by atoms with E-state index in [-0.39, 0.29) is 5.91 Å². The molecule has 1 amide bonds. The van der Waals surface area contributed by atoms with Gasteiger partial charge in [-0.1, -0.05) is 6.92 Å². The summed E-state index contributed by atoms with van der Waals surface area (Å²) in [5.41, 5.74) is 1.31. The molecule has 1 atom stereocenters. The molecule has 0 aliphatic carbocycles. The lowest BCUT2D eigenvalue weighted by Gasteiger charge is -2.34. The van der Waals surface area contributed by atoms with E-state index >= 15 is 0 Å². The maximum absolute atomic E-state index is 12.5. The minimum absolute atomic E-state index is 0.159. The molecule has 1 unspecified atom stereocenters. The number of carbonyl (C=O) groups is 1. The van der Waals surface area contributed by atoms with Crippen molar-refractivity contribution >= 4 is 35.0 Å². The van der Waals surface area contributed by atoms with Gasteiger partial charge in [-0.3, -0.25) is 9.79 Å². The van der Waals surface area contributed by atoms with Crippen LogP contribution in [0, 0.1) is 0 Å². The Balaban J connectivity index is 1.51. The van der Waals surface area contributed by atoms with Gasteiger partial charge in [0.25, 0.3) is 0 Å². The average Bonchev–Trinajstić information content (AvgIpc) is 3.10. The van der Waals surface area contributed by atoms with E-state index in [1.807, 2.05) is 16.7 Å². The monoisotopic (exact) mass is 366 g/mol. The number of thiophene rings is 1. The van der Waals surface area contributed by atoms with Crippen molar-refractivity contribution in [3.05, 3.63) is 21.9 Å². The van der Waals surface area contributed by atoms with Gasteiger partial charge in [0.05, 0.1) is 6.54 Å². The summed E-state index contributed by atoms with van der Waals surface area (Å²) in [5, 5.41) is 6.06. The van der Waals surface area contributed by atoms with Crippen LogP contribution < -0.4 is 5.32 Å². The van der Waals surface area contributed by atoms with Crippen molar-refractivity contribution in [2.75, 3.05) is 39.0 Å². The van der Waals surface area contributed by atoms with Crippen LogP contribution in [0.3, 0.4) is 0 Å². The minimum atomic E-state index is 0.159. The van der Waals surface area contributed by atoms with Crippen LogP contribution >= 0.6 is 23.1 Å². The van der Waals surface area contributed by atoms with Crippen molar-refractivity contribution in [1.29, 1.82) is 0 Å². The summed E-state index contributed by atoms with van der Waals surface area (Å²) >= 11 is 3.84. The van der Waals surface area contributed by atoms with E-state index in [4.69, 9.17) is 0 Å². The third-order valence-corrected chi connectivity index (χ3v) is 7.06. The summed E-state index contributed by atoms with van der Waals surface area (Å²) in [4.78, 5) is 22.6. The molecule has 1 N–H and O–H groups in total. The Morgan fingerprint density at radius 1 is 1.42 bits per heavy atom. The van der Waals surface area contributed by atoms with Gasteiger partial charge in [0.15, 0.2) is 5.96 Å². The molecule has 2 aliphatic heterocycles. The molecule has 0 spiro atoms. The van der Waals surface area contributed by atoms with E-state index in [1.54, 1.807) is 18.4 Å². The molecule has 3 heterocycles. The number of aliphatic imine (C=N–C) groups is 1. The molecular weight excluding hydrogens is 340 g/mol. The maximum atomic E-state index is 12.5. The number of thioether (sulfide) groups is 1. The number of rotatable bonds is 3. The van der Waals surface area contributed by atoms with Gasteiger partial charge in [0.1, 0.15) is 0 Å². The Bertz CT molecular complexity index is 601. The smallest absolute Gasteiger partial charge is 0.242 e. The number of carbonyl (C=O) groups excluding carboxylic acids is 1. The summed E-state index contributed by atoms with van der Waals surface area (Å²) in [6.45, 7) is 6.14. The Hall–Kier alpha value is -1.21. The predicted octanol–water partition coefficient (Wildman–Crippen LogP) is 2.04. The third kappa shape index (κ3) is 4.06. The molecule has 2 aliphatic rings. The zero-order valence-electron chi connectivity index (χ0n) is 14.5. The van der Waals surface area contributed by atoms with Crippen LogP contribution in [0.4, 0.5) is 0 Å². The van der Waals surface area contributed by atoms with Gasteiger partial charge in [-0.05, 0) is 29.9 Å². The summed E-state index contributed by atoms with van der Waals surface area (Å²) in [7, 11) is 1.80. The first kappa shape index (κ1) is 17.6. The van der Waals surface area contributed by atoms with E-state index in [2.05, 4.69) is 33.6 Å². The second kappa shape index (κ2) is 8.25. The summed E-state index contributed by atoms with van der Waals surface area (Å²) in [6.07, 6.45) is 2.16. The number of guanidine groups is 1. The molecule has 0 saturated carbocycles. The summed E-state index contributed by atoms with van der Waals surface area (Å²) in [6, 6.07) is 2.14. The van der Waals surface area contributed by atoms with Gasteiger partial charge >= 0.3 is 0 Å². The fraction of sp³-hybridized carbons (Fsp3) is 0.647. The second-order valence-corrected chi connectivity index (χ2v) is 8.59. The van der Waals surface area contributed by atoms with Gasteiger partial charge in [-0.25, -0.2) is 0 Å². The molecule has 1 fully saturated rings. The Morgan fingerprint density at radius 2 is 2.29 bits per heavy atom. The highest BCUT2D eigenvalue weighted by atomic mass is 32.2. The average molecular weight is 367 g/mol. The molecule has 24 heavy (non-hydrogen) atoms. The Labute approximate surface area is 152 Å². The first-order valence-electron chi connectivity index (χ1n) is 8.61. The molecule has 1 saturated heterocycles. The first-order chi connectivity index (χ1) is 11.7. The van der Waals surface area contributed by atoms with E-state index in [0.29, 0.717) is 11.8 Å². The van der Waals surface area contributed by atoms with Gasteiger partial charge in [0.2, 0.25) is 5.91 Å².